The standard InChI is InChI=1S/C16H18N2O4/c19-10-12-4-5-14-13(8-12)18(16(21)11-22-14)9-15(20)17-6-2-1-3-7-17/h4-5,8,10H,1-3,6-7,9,11H2. The molecule has 22 heavy (non-hydrogen) atoms. The molecule has 6 heteroatoms. The summed E-state index contributed by atoms with van der Waals surface area (Å²) in [5, 5.41) is 0. The third kappa shape index (κ3) is 2.81. The number of hydrogen-bond acceptors (Lipinski definition) is 4. The van der Waals surface area contributed by atoms with Crippen molar-refractivity contribution in [2.75, 3.05) is 31.1 Å². The Bertz CT molecular complexity index is 608. The van der Waals surface area contributed by atoms with Crippen LogP contribution in [0.25, 0.3) is 0 Å². The van der Waals surface area contributed by atoms with Crippen LogP contribution in [-0.4, -0.2) is 49.2 Å². The summed E-state index contributed by atoms with van der Waals surface area (Å²) in [6.07, 6.45) is 3.87. The van der Waals surface area contributed by atoms with Crippen molar-refractivity contribution in [2.24, 2.45) is 0 Å². The molecule has 0 saturated carbocycles. The molecule has 0 bridgehead atoms. The van der Waals surface area contributed by atoms with Crippen molar-refractivity contribution in [3.63, 3.8) is 0 Å². The molecule has 6 nitrogen and oxygen atoms in total. The first kappa shape index (κ1) is 14.6. The number of likely N-dealkylation sites (tertiary alicyclic amines) is 1. The highest BCUT2D eigenvalue weighted by atomic mass is 16.5. The van der Waals surface area contributed by atoms with Crippen LogP contribution in [0, 0.1) is 0 Å². The molecule has 0 aromatic heterocycles. The van der Waals surface area contributed by atoms with Gasteiger partial charge >= 0.3 is 0 Å². The molecule has 2 heterocycles. The lowest BCUT2D eigenvalue weighted by atomic mass is 10.1. The van der Waals surface area contributed by atoms with Crippen LogP contribution in [0.1, 0.15) is 29.6 Å². The maximum absolute atomic E-state index is 12.4. The topological polar surface area (TPSA) is 66.9 Å². The minimum Gasteiger partial charge on any atom is -0.482 e. The lowest BCUT2D eigenvalue weighted by Crippen LogP contribution is -2.47. The maximum atomic E-state index is 12.4. The van der Waals surface area contributed by atoms with Crippen molar-refractivity contribution in [2.45, 2.75) is 19.3 Å². The van der Waals surface area contributed by atoms with Crippen molar-refractivity contribution >= 4 is 23.8 Å². The van der Waals surface area contributed by atoms with Gasteiger partial charge in [0, 0.05) is 18.7 Å². The summed E-state index contributed by atoms with van der Waals surface area (Å²) >= 11 is 0. The Kier molecular flexibility index (Phi) is 4.09. The van der Waals surface area contributed by atoms with Gasteiger partial charge in [-0.05, 0) is 37.5 Å². The number of ether oxygens (including phenoxy) is 1. The lowest BCUT2D eigenvalue weighted by molar-refractivity contribution is -0.132. The zero-order valence-electron chi connectivity index (χ0n) is 12.3. The largest absolute Gasteiger partial charge is 0.482 e. The molecule has 2 aliphatic rings. The van der Waals surface area contributed by atoms with Crippen LogP contribution in [-0.2, 0) is 9.59 Å². The highest BCUT2D eigenvalue weighted by Crippen LogP contribution is 2.32. The van der Waals surface area contributed by atoms with Gasteiger partial charge in [0.1, 0.15) is 18.6 Å². The molecule has 1 saturated heterocycles. The number of rotatable bonds is 3. The zero-order chi connectivity index (χ0) is 15.5. The van der Waals surface area contributed by atoms with E-state index < -0.39 is 0 Å². The molecule has 0 spiro atoms. The van der Waals surface area contributed by atoms with Gasteiger partial charge in [-0.3, -0.25) is 19.3 Å². The van der Waals surface area contributed by atoms with Crippen LogP contribution in [0.3, 0.4) is 0 Å². The highest BCUT2D eigenvalue weighted by molar-refractivity contribution is 6.02. The molecule has 0 atom stereocenters. The van der Waals surface area contributed by atoms with Crippen molar-refractivity contribution in [3.8, 4) is 5.75 Å². The second-order valence-electron chi connectivity index (χ2n) is 5.56. The number of fused-ring (bicyclic) bond motifs is 1. The number of piperidine rings is 1. The summed E-state index contributed by atoms with van der Waals surface area (Å²) in [5.41, 5.74) is 0.943. The number of aldehydes is 1. The number of nitrogens with zero attached hydrogens (tertiary/aromatic N) is 2. The summed E-state index contributed by atoms with van der Waals surface area (Å²) in [5.74, 6) is 0.204. The third-order valence-electron chi connectivity index (χ3n) is 4.06. The molecule has 3 rings (SSSR count). The molecule has 116 valence electrons. The fourth-order valence-electron chi connectivity index (χ4n) is 2.84. The van der Waals surface area contributed by atoms with Gasteiger partial charge in [0.05, 0.1) is 5.69 Å². The van der Waals surface area contributed by atoms with E-state index in [-0.39, 0.29) is 25.0 Å². The number of carbonyl (C=O) groups excluding carboxylic acids is 3. The van der Waals surface area contributed by atoms with Gasteiger partial charge in [-0.1, -0.05) is 0 Å². The summed E-state index contributed by atoms with van der Waals surface area (Å²) < 4.78 is 5.36. The Morgan fingerprint density at radius 3 is 2.73 bits per heavy atom. The van der Waals surface area contributed by atoms with Crippen LogP contribution in [0.2, 0.25) is 0 Å². The van der Waals surface area contributed by atoms with E-state index in [1.807, 2.05) is 0 Å². The van der Waals surface area contributed by atoms with Gasteiger partial charge in [0.25, 0.3) is 5.91 Å². The van der Waals surface area contributed by atoms with E-state index in [9.17, 15) is 14.4 Å². The SMILES string of the molecule is O=Cc1ccc2c(c1)N(CC(=O)N1CCCCC1)C(=O)CO2. The van der Waals surface area contributed by atoms with Crippen LogP contribution >= 0.6 is 0 Å². The van der Waals surface area contributed by atoms with E-state index in [0.717, 1.165) is 32.4 Å². The van der Waals surface area contributed by atoms with E-state index in [1.54, 1.807) is 23.1 Å². The number of anilines is 1. The van der Waals surface area contributed by atoms with Crippen LogP contribution in [0.4, 0.5) is 5.69 Å². The second-order valence-corrected chi connectivity index (χ2v) is 5.56. The first-order chi connectivity index (χ1) is 10.7. The molecule has 0 radical (unpaired) electrons. The average molecular weight is 302 g/mol. The molecule has 1 aromatic carbocycles. The Morgan fingerprint density at radius 1 is 1.23 bits per heavy atom. The molecule has 0 N–H and O–H groups in total. The first-order valence-corrected chi connectivity index (χ1v) is 7.49. The van der Waals surface area contributed by atoms with E-state index >= 15 is 0 Å². The fraction of sp³-hybridized carbons (Fsp3) is 0.438. The quantitative estimate of drug-likeness (QED) is 0.788. The van der Waals surface area contributed by atoms with Crippen LogP contribution in [0.5, 0.6) is 5.75 Å². The molecular weight excluding hydrogens is 284 g/mol. The number of hydrogen-bond donors (Lipinski definition) is 0. The van der Waals surface area contributed by atoms with Crippen LogP contribution in [0.15, 0.2) is 18.2 Å². The van der Waals surface area contributed by atoms with Gasteiger partial charge in [-0.15, -0.1) is 0 Å². The maximum Gasteiger partial charge on any atom is 0.265 e. The van der Waals surface area contributed by atoms with E-state index in [4.69, 9.17) is 4.74 Å². The number of amides is 2. The van der Waals surface area contributed by atoms with E-state index in [0.29, 0.717) is 23.3 Å². The van der Waals surface area contributed by atoms with Crippen molar-refractivity contribution in [1.82, 2.24) is 4.90 Å². The van der Waals surface area contributed by atoms with Gasteiger partial charge in [0.15, 0.2) is 6.61 Å². The minimum atomic E-state index is -0.263. The van der Waals surface area contributed by atoms with Gasteiger partial charge in [0.2, 0.25) is 5.91 Å². The second kappa shape index (κ2) is 6.17. The molecule has 0 unspecified atom stereocenters. The predicted molar refractivity (Wildman–Crippen MR) is 80.1 cm³/mol. The van der Waals surface area contributed by atoms with Crippen molar-refractivity contribution in [1.29, 1.82) is 0 Å². The number of benzene rings is 1. The van der Waals surface area contributed by atoms with Crippen molar-refractivity contribution < 1.29 is 19.1 Å². The highest BCUT2D eigenvalue weighted by Gasteiger charge is 2.29. The summed E-state index contributed by atoms with van der Waals surface area (Å²) in [7, 11) is 0. The first-order valence-electron chi connectivity index (χ1n) is 7.49. The molecule has 2 aliphatic heterocycles. The molecule has 1 fully saturated rings. The third-order valence-corrected chi connectivity index (χ3v) is 4.06. The number of carbonyl (C=O) groups is 3. The fourth-order valence-corrected chi connectivity index (χ4v) is 2.84. The van der Waals surface area contributed by atoms with E-state index in [1.165, 1.54) is 4.90 Å². The molecular formula is C16H18N2O4. The Hall–Kier alpha value is -2.37. The summed E-state index contributed by atoms with van der Waals surface area (Å²) in [6.45, 7) is 1.41. The Balaban J connectivity index is 1.82. The minimum absolute atomic E-state index is 0.00248. The van der Waals surface area contributed by atoms with Crippen molar-refractivity contribution in [3.05, 3.63) is 23.8 Å². The molecule has 0 aliphatic carbocycles. The normalized spacial score (nSPS) is 17.7. The smallest absolute Gasteiger partial charge is 0.265 e. The van der Waals surface area contributed by atoms with Crippen LogP contribution < -0.4 is 9.64 Å². The lowest BCUT2D eigenvalue weighted by Gasteiger charge is -2.32. The Morgan fingerprint density at radius 2 is 2.00 bits per heavy atom. The summed E-state index contributed by atoms with van der Waals surface area (Å²) in [4.78, 5) is 38.7. The monoisotopic (exact) mass is 302 g/mol. The molecule has 2 amide bonds. The molecule has 1 aromatic rings. The van der Waals surface area contributed by atoms with E-state index in [2.05, 4.69) is 0 Å². The summed E-state index contributed by atoms with van der Waals surface area (Å²) in [6, 6.07) is 4.87. The predicted octanol–water partition coefficient (Wildman–Crippen LogP) is 1.24. The average Bonchev–Trinajstić information content (AvgIpc) is 2.57. The van der Waals surface area contributed by atoms with Gasteiger partial charge in [-0.2, -0.15) is 0 Å². The zero-order valence-corrected chi connectivity index (χ0v) is 12.3. The van der Waals surface area contributed by atoms with Gasteiger partial charge in [-0.25, -0.2) is 0 Å². The van der Waals surface area contributed by atoms with Gasteiger partial charge < -0.3 is 9.64 Å². The Labute approximate surface area is 128 Å².